The highest BCUT2D eigenvalue weighted by Crippen LogP contribution is 2.27. The van der Waals surface area contributed by atoms with Gasteiger partial charge in [0.2, 0.25) is 0 Å². The average Bonchev–Trinajstić information content (AvgIpc) is 2.51. The Balaban J connectivity index is 1.33. The van der Waals surface area contributed by atoms with E-state index in [9.17, 15) is 0 Å². The first-order chi connectivity index (χ1) is 9.90. The first-order valence-corrected chi connectivity index (χ1v) is 8.62. The highest BCUT2D eigenvalue weighted by atomic mass is 16.5. The van der Waals surface area contributed by atoms with Gasteiger partial charge in [0.15, 0.2) is 0 Å². The van der Waals surface area contributed by atoms with Crippen molar-refractivity contribution >= 4 is 0 Å². The van der Waals surface area contributed by atoms with E-state index in [1.807, 2.05) is 0 Å². The van der Waals surface area contributed by atoms with Gasteiger partial charge in [-0.15, -0.1) is 0 Å². The Morgan fingerprint density at radius 2 is 0.750 bits per heavy atom. The van der Waals surface area contributed by atoms with Crippen LogP contribution in [0.2, 0.25) is 0 Å². The van der Waals surface area contributed by atoms with E-state index < -0.39 is 0 Å². The molecular weight excluding hydrogens is 252 g/mol. The third-order valence-corrected chi connectivity index (χ3v) is 4.96. The maximum absolute atomic E-state index is 6.26. The lowest BCUT2D eigenvalue weighted by Gasteiger charge is -2.35. The minimum atomic E-state index is 0.492. The van der Waals surface area contributed by atoms with Gasteiger partial charge in [-0.2, -0.15) is 0 Å². The number of nitrogens with one attached hydrogen (secondary N) is 2. The predicted molar refractivity (Wildman–Crippen MR) is 80.0 cm³/mol. The summed E-state index contributed by atoms with van der Waals surface area (Å²) in [5.74, 6) is 0. The van der Waals surface area contributed by atoms with E-state index in [1.54, 1.807) is 0 Å². The van der Waals surface area contributed by atoms with Crippen molar-refractivity contribution in [2.24, 2.45) is 0 Å². The summed E-state index contributed by atoms with van der Waals surface area (Å²) < 4.78 is 12.5. The Morgan fingerprint density at radius 3 is 1.10 bits per heavy atom. The van der Waals surface area contributed by atoms with Gasteiger partial charge in [-0.3, -0.25) is 0 Å². The molecule has 1 saturated carbocycles. The van der Waals surface area contributed by atoms with Gasteiger partial charge in [-0.1, -0.05) is 0 Å². The van der Waals surface area contributed by atoms with E-state index in [0.717, 1.165) is 26.2 Å². The van der Waals surface area contributed by atoms with Crippen LogP contribution in [0.4, 0.5) is 0 Å². The third kappa shape index (κ3) is 4.42. The van der Waals surface area contributed by atoms with E-state index in [1.165, 1.54) is 51.4 Å². The second kappa shape index (κ2) is 7.74. The van der Waals surface area contributed by atoms with Gasteiger partial charge >= 0.3 is 0 Å². The highest BCUT2D eigenvalue weighted by Gasteiger charge is 2.27. The largest absolute Gasteiger partial charge is 0.375 e. The van der Waals surface area contributed by atoms with E-state index >= 15 is 0 Å². The predicted octanol–water partition coefficient (Wildman–Crippen LogP) is 1.83. The normalized spacial score (nSPS) is 34.2. The Labute approximate surface area is 123 Å². The highest BCUT2D eigenvalue weighted by molar-refractivity contribution is 4.78. The maximum Gasteiger partial charge on any atom is 0.0603 e. The van der Waals surface area contributed by atoms with Gasteiger partial charge in [0, 0.05) is 0 Å². The number of piperidine rings is 2. The molecule has 0 aromatic rings. The third-order valence-electron chi connectivity index (χ3n) is 4.96. The molecule has 0 unspecified atom stereocenters. The zero-order chi connectivity index (χ0) is 13.6. The summed E-state index contributed by atoms with van der Waals surface area (Å²) in [7, 11) is 0. The van der Waals surface area contributed by atoms with Crippen molar-refractivity contribution in [2.45, 2.75) is 75.8 Å². The summed E-state index contributed by atoms with van der Waals surface area (Å²) in [6.07, 6.45) is 11.5. The second-order valence-electron chi connectivity index (χ2n) is 6.57. The molecule has 0 radical (unpaired) electrons. The van der Waals surface area contributed by atoms with Gasteiger partial charge in [-0.05, 0) is 77.5 Å². The fourth-order valence-electron chi connectivity index (χ4n) is 3.71. The van der Waals surface area contributed by atoms with Crippen LogP contribution in [0.1, 0.15) is 51.4 Å². The molecule has 2 N–H and O–H groups in total. The fourth-order valence-corrected chi connectivity index (χ4v) is 3.71. The van der Waals surface area contributed by atoms with E-state index in [4.69, 9.17) is 9.47 Å². The van der Waals surface area contributed by atoms with Crippen LogP contribution < -0.4 is 10.6 Å². The summed E-state index contributed by atoms with van der Waals surface area (Å²) in [6.45, 7) is 4.50. The summed E-state index contributed by atoms with van der Waals surface area (Å²) in [5.41, 5.74) is 0. The van der Waals surface area contributed by atoms with Gasteiger partial charge in [0.25, 0.3) is 0 Å². The number of rotatable bonds is 4. The van der Waals surface area contributed by atoms with Crippen LogP contribution in [0, 0.1) is 0 Å². The molecule has 2 heterocycles. The van der Waals surface area contributed by atoms with Crippen molar-refractivity contribution in [3.05, 3.63) is 0 Å². The van der Waals surface area contributed by atoms with Gasteiger partial charge < -0.3 is 20.1 Å². The molecule has 4 heteroatoms. The molecule has 0 atom stereocenters. The molecule has 0 bridgehead atoms. The molecule has 3 aliphatic rings. The molecule has 2 aliphatic heterocycles. The summed E-state index contributed by atoms with van der Waals surface area (Å²) >= 11 is 0. The molecule has 116 valence electrons. The molecule has 20 heavy (non-hydrogen) atoms. The lowest BCUT2D eigenvalue weighted by molar-refractivity contribution is -0.0895. The molecule has 1 aliphatic carbocycles. The molecule has 4 nitrogen and oxygen atoms in total. The van der Waals surface area contributed by atoms with Gasteiger partial charge in [0.05, 0.1) is 24.4 Å². The molecule has 0 spiro atoms. The van der Waals surface area contributed by atoms with Crippen molar-refractivity contribution in [3.63, 3.8) is 0 Å². The Kier molecular flexibility index (Phi) is 5.71. The van der Waals surface area contributed by atoms with E-state index in [-0.39, 0.29) is 0 Å². The molecule has 3 rings (SSSR count). The van der Waals surface area contributed by atoms with E-state index in [0.29, 0.717) is 24.4 Å². The maximum atomic E-state index is 6.26. The van der Waals surface area contributed by atoms with Gasteiger partial charge in [-0.25, -0.2) is 0 Å². The monoisotopic (exact) mass is 282 g/mol. The zero-order valence-electron chi connectivity index (χ0n) is 12.6. The van der Waals surface area contributed by atoms with Crippen LogP contribution in [0.5, 0.6) is 0 Å². The first kappa shape index (κ1) is 14.8. The summed E-state index contributed by atoms with van der Waals surface area (Å²) in [6, 6.07) is 0. The summed E-state index contributed by atoms with van der Waals surface area (Å²) in [5, 5.41) is 6.80. The molecule has 3 fully saturated rings. The number of hydrogen-bond acceptors (Lipinski definition) is 4. The SMILES string of the molecule is C1CC(OC2CCC(OC3CCNCC3)CC2)CCN1. The molecule has 2 saturated heterocycles. The van der Waals surface area contributed by atoms with Crippen LogP contribution in [0.15, 0.2) is 0 Å². The van der Waals surface area contributed by atoms with Crippen LogP contribution >= 0.6 is 0 Å². The quantitative estimate of drug-likeness (QED) is 0.825. The van der Waals surface area contributed by atoms with Crippen molar-refractivity contribution < 1.29 is 9.47 Å². The molecular formula is C16H30N2O2. The van der Waals surface area contributed by atoms with Crippen LogP contribution in [0.25, 0.3) is 0 Å². The molecule has 0 amide bonds. The van der Waals surface area contributed by atoms with Crippen LogP contribution in [-0.2, 0) is 9.47 Å². The summed E-state index contributed by atoms with van der Waals surface area (Å²) in [4.78, 5) is 0. The standard InChI is InChI=1S/C16H30N2O2/c1-2-14(20-16-7-11-18-12-8-16)4-3-13(1)19-15-5-9-17-10-6-15/h13-18H,1-12H2. The van der Waals surface area contributed by atoms with Crippen LogP contribution in [0.3, 0.4) is 0 Å². The zero-order valence-corrected chi connectivity index (χ0v) is 12.6. The van der Waals surface area contributed by atoms with Crippen molar-refractivity contribution in [3.8, 4) is 0 Å². The van der Waals surface area contributed by atoms with Crippen molar-refractivity contribution in [1.29, 1.82) is 0 Å². The second-order valence-corrected chi connectivity index (χ2v) is 6.57. The minimum Gasteiger partial charge on any atom is -0.375 e. The fraction of sp³-hybridized carbons (Fsp3) is 1.00. The minimum absolute atomic E-state index is 0.492. The first-order valence-electron chi connectivity index (χ1n) is 8.62. The number of ether oxygens (including phenoxy) is 2. The Bertz CT molecular complexity index is 240. The Hall–Kier alpha value is -0.160. The topological polar surface area (TPSA) is 42.5 Å². The van der Waals surface area contributed by atoms with Crippen molar-refractivity contribution in [2.75, 3.05) is 26.2 Å². The lowest BCUT2D eigenvalue weighted by Crippen LogP contribution is -2.38. The average molecular weight is 282 g/mol. The van der Waals surface area contributed by atoms with E-state index in [2.05, 4.69) is 10.6 Å². The number of hydrogen-bond donors (Lipinski definition) is 2. The Morgan fingerprint density at radius 1 is 0.450 bits per heavy atom. The lowest BCUT2D eigenvalue weighted by atomic mass is 9.94. The van der Waals surface area contributed by atoms with Crippen molar-refractivity contribution in [1.82, 2.24) is 10.6 Å². The molecule has 0 aromatic carbocycles. The molecule has 0 aromatic heterocycles. The van der Waals surface area contributed by atoms with Crippen LogP contribution in [-0.4, -0.2) is 50.6 Å². The smallest absolute Gasteiger partial charge is 0.0603 e. The van der Waals surface area contributed by atoms with Gasteiger partial charge in [0.1, 0.15) is 0 Å².